The van der Waals surface area contributed by atoms with Crippen LogP contribution in [-0.2, 0) is 11.3 Å². The maximum absolute atomic E-state index is 13.6. The molecule has 4 nitrogen and oxygen atoms in total. The molecule has 2 N–H and O–H groups in total. The van der Waals surface area contributed by atoms with Gasteiger partial charge < -0.3 is 10.3 Å². The number of carbonyl (C=O) groups is 1. The molecule has 1 aromatic carbocycles. The van der Waals surface area contributed by atoms with Crippen LogP contribution in [0.2, 0.25) is 0 Å². The molecule has 0 fully saturated rings. The minimum Gasteiger partial charge on any atom is -0.349 e. The summed E-state index contributed by atoms with van der Waals surface area (Å²) in [5.74, 6) is 0.307. The van der Waals surface area contributed by atoms with Gasteiger partial charge in [-0.3, -0.25) is 4.79 Å². The monoisotopic (exact) mass is 261 g/mol. The van der Waals surface area contributed by atoms with Gasteiger partial charge in [0.1, 0.15) is 11.6 Å². The molecular formula is C14H16FN3O. The van der Waals surface area contributed by atoms with E-state index in [-0.39, 0.29) is 11.7 Å². The van der Waals surface area contributed by atoms with Crippen LogP contribution in [0, 0.1) is 5.82 Å². The zero-order chi connectivity index (χ0) is 13.7. The fourth-order valence-corrected chi connectivity index (χ4v) is 1.77. The summed E-state index contributed by atoms with van der Waals surface area (Å²) in [6.07, 6.45) is 2.88. The quantitative estimate of drug-likeness (QED) is 0.869. The Morgan fingerprint density at radius 2 is 2.21 bits per heavy atom. The van der Waals surface area contributed by atoms with Crippen molar-refractivity contribution in [3.63, 3.8) is 0 Å². The minimum absolute atomic E-state index is 0.00802. The average molecular weight is 261 g/mol. The van der Waals surface area contributed by atoms with Crippen molar-refractivity contribution < 1.29 is 9.18 Å². The zero-order valence-electron chi connectivity index (χ0n) is 10.7. The third kappa shape index (κ3) is 3.40. The Balaban J connectivity index is 2.04. The molecule has 0 atom stereocenters. The largest absolute Gasteiger partial charge is 0.349 e. The van der Waals surface area contributed by atoms with Crippen LogP contribution in [0.4, 0.5) is 4.39 Å². The van der Waals surface area contributed by atoms with E-state index in [1.807, 2.05) is 6.92 Å². The molecule has 1 heterocycles. The molecule has 0 aliphatic heterocycles. The van der Waals surface area contributed by atoms with Gasteiger partial charge in [0, 0.05) is 12.0 Å². The molecule has 0 bridgehead atoms. The lowest BCUT2D eigenvalue weighted by molar-refractivity contribution is -0.121. The highest BCUT2D eigenvalue weighted by molar-refractivity contribution is 5.75. The highest BCUT2D eigenvalue weighted by atomic mass is 19.1. The lowest BCUT2D eigenvalue weighted by atomic mass is 10.1. The summed E-state index contributed by atoms with van der Waals surface area (Å²) in [6, 6.07) is 6.49. The molecule has 0 unspecified atom stereocenters. The van der Waals surface area contributed by atoms with Crippen LogP contribution in [0.5, 0.6) is 0 Å². The molecular weight excluding hydrogens is 245 g/mol. The lowest BCUT2D eigenvalue weighted by Crippen LogP contribution is -2.22. The van der Waals surface area contributed by atoms with Crippen molar-refractivity contribution in [2.75, 3.05) is 0 Å². The Morgan fingerprint density at radius 1 is 1.42 bits per heavy atom. The fraction of sp³-hybridized carbons (Fsp3) is 0.286. The smallest absolute Gasteiger partial charge is 0.220 e. The maximum atomic E-state index is 13.6. The van der Waals surface area contributed by atoms with E-state index in [4.69, 9.17) is 0 Å². The van der Waals surface area contributed by atoms with Crippen molar-refractivity contribution in [1.29, 1.82) is 0 Å². The van der Waals surface area contributed by atoms with Crippen LogP contribution in [0.15, 0.2) is 30.5 Å². The average Bonchev–Trinajstić information content (AvgIpc) is 2.86. The predicted octanol–water partition coefficient (Wildman–Crippen LogP) is 2.63. The second-order valence-electron chi connectivity index (χ2n) is 4.25. The van der Waals surface area contributed by atoms with Crippen LogP contribution in [0.1, 0.15) is 25.6 Å². The Labute approximate surface area is 111 Å². The van der Waals surface area contributed by atoms with Gasteiger partial charge in [-0.05, 0) is 18.6 Å². The Bertz CT molecular complexity index is 565. The Kier molecular flexibility index (Phi) is 4.28. The number of hydrogen-bond acceptors (Lipinski definition) is 2. The number of aromatic nitrogens is 2. The van der Waals surface area contributed by atoms with Gasteiger partial charge in [0.2, 0.25) is 5.91 Å². The van der Waals surface area contributed by atoms with E-state index < -0.39 is 0 Å². The van der Waals surface area contributed by atoms with Crippen LogP contribution < -0.4 is 5.32 Å². The van der Waals surface area contributed by atoms with E-state index in [0.29, 0.717) is 30.0 Å². The normalized spacial score (nSPS) is 10.4. The van der Waals surface area contributed by atoms with Crippen LogP contribution >= 0.6 is 0 Å². The molecule has 5 heteroatoms. The summed E-state index contributed by atoms with van der Waals surface area (Å²) >= 11 is 0. The van der Waals surface area contributed by atoms with Gasteiger partial charge in [-0.25, -0.2) is 9.37 Å². The van der Waals surface area contributed by atoms with Gasteiger partial charge in [0.15, 0.2) is 0 Å². The summed E-state index contributed by atoms with van der Waals surface area (Å²) in [6.45, 7) is 2.27. The third-order valence-corrected chi connectivity index (χ3v) is 2.72. The maximum Gasteiger partial charge on any atom is 0.220 e. The van der Waals surface area contributed by atoms with E-state index in [2.05, 4.69) is 15.3 Å². The number of hydrogen-bond donors (Lipinski definition) is 2. The van der Waals surface area contributed by atoms with E-state index in [1.165, 1.54) is 6.07 Å². The van der Waals surface area contributed by atoms with Crippen molar-refractivity contribution in [2.24, 2.45) is 0 Å². The van der Waals surface area contributed by atoms with Gasteiger partial charge >= 0.3 is 0 Å². The van der Waals surface area contributed by atoms with Crippen molar-refractivity contribution in [2.45, 2.75) is 26.3 Å². The summed E-state index contributed by atoms with van der Waals surface area (Å²) in [7, 11) is 0. The first kappa shape index (κ1) is 13.3. The van der Waals surface area contributed by atoms with Gasteiger partial charge in [-0.15, -0.1) is 0 Å². The van der Waals surface area contributed by atoms with E-state index >= 15 is 0 Å². The number of halogens is 1. The summed E-state index contributed by atoms with van der Waals surface area (Å²) < 4.78 is 13.6. The fourth-order valence-electron chi connectivity index (χ4n) is 1.77. The molecule has 0 saturated carbocycles. The highest BCUT2D eigenvalue weighted by Gasteiger charge is 2.08. The second-order valence-corrected chi connectivity index (χ2v) is 4.25. The first-order chi connectivity index (χ1) is 9.20. The van der Waals surface area contributed by atoms with Gasteiger partial charge in [-0.2, -0.15) is 0 Å². The summed E-state index contributed by atoms with van der Waals surface area (Å²) in [4.78, 5) is 18.5. The van der Waals surface area contributed by atoms with Crippen LogP contribution in [0.3, 0.4) is 0 Å². The number of nitrogens with one attached hydrogen (secondary N) is 2. The number of H-pyrrole nitrogens is 1. The van der Waals surface area contributed by atoms with Crippen molar-refractivity contribution >= 4 is 5.91 Å². The number of carbonyl (C=O) groups excluding carboxylic acids is 1. The standard InChI is InChI=1S/C14H16FN3O/c1-2-5-14(19)17-9-13-16-8-12(18-13)10-6-3-4-7-11(10)15/h3-4,6-8H,2,5,9H2,1H3,(H,16,18)(H,17,19). The topological polar surface area (TPSA) is 57.8 Å². The third-order valence-electron chi connectivity index (χ3n) is 2.72. The van der Waals surface area contributed by atoms with E-state index in [0.717, 1.165) is 6.42 Å². The van der Waals surface area contributed by atoms with Crippen LogP contribution in [-0.4, -0.2) is 15.9 Å². The minimum atomic E-state index is -0.298. The molecule has 0 saturated heterocycles. The number of benzene rings is 1. The Hall–Kier alpha value is -2.17. The SMILES string of the molecule is CCCC(=O)NCc1ncc(-c2ccccc2F)[nH]1. The molecule has 100 valence electrons. The molecule has 1 amide bonds. The first-order valence-electron chi connectivity index (χ1n) is 6.26. The molecule has 0 spiro atoms. The number of imidazole rings is 1. The van der Waals surface area contributed by atoms with Gasteiger partial charge in [0.25, 0.3) is 0 Å². The number of aromatic amines is 1. The van der Waals surface area contributed by atoms with Crippen molar-refractivity contribution in [1.82, 2.24) is 15.3 Å². The second kappa shape index (κ2) is 6.13. The molecule has 2 rings (SSSR count). The number of rotatable bonds is 5. The van der Waals surface area contributed by atoms with Gasteiger partial charge in [-0.1, -0.05) is 19.1 Å². The number of nitrogens with zero attached hydrogens (tertiary/aromatic N) is 1. The van der Waals surface area contributed by atoms with Crippen molar-refractivity contribution in [3.05, 3.63) is 42.1 Å². The summed E-state index contributed by atoms with van der Waals surface area (Å²) in [5, 5.41) is 2.75. The first-order valence-corrected chi connectivity index (χ1v) is 6.26. The molecule has 2 aromatic rings. The molecule has 0 aliphatic carbocycles. The van der Waals surface area contributed by atoms with E-state index in [1.54, 1.807) is 24.4 Å². The number of amides is 1. The molecule has 0 radical (unpaired) electrons. The predicted molar refractivity (Wildman–Crippen MR) is 70.7 cm³/mol. The lowest BCUT2D eigenvalue weighted by Gasteiger charge is -2.01. The molecule has 0 aliphatic rings. The highest BCUT2D eigenvalue weighted by Crippen LogP contribution is 2.20. The van der Waals surface area contributed by atoms with Crippen LogP contribution in [0.25, 0.3) is 11.3 Å². The molecule has 19 heavy (non-hydrogen) atoms. The zero-order valence-corrected chi connectivity index (χ0v) is 10.7. The summed E-state index contributed by atoms with van der Waals surface area (Å²) in [5.41, 5.74) is 1.08. The van der Waals surface area contributed by atoms with Gasteiger partial charge in [0.05, 0.1) is 18.4 Å². The van der Waals surface area contributed by atoms with Crippen molar-refractivity contribution in [3.8, 4) is 11.3 Å². The van der Waals surface area contributed by atoms with E-state index in [9.17, 15) is 9.18 Å². The Morgan fingerprint density at radius 3 is 2.95 bits per heavy atom. The molecule has 1 aromatic heterocycles.